The van der Waals surface area contributed by atoms with E-state index in [9.17, 15) is 13.2 Å². The number of benzene rings is 2. The van der Waals surface area contributed by atoms with Crippen molar-refractivity contribution in [2.45, 2.75) is 36.6 Å². The molecule has 0 atom stereocenters. The van der Waals surface area contributed by atoms with Crippen molar-refractivity contribution in [1.29, 1.82) is 0 Å². The fourth-order valence-corrected chi connectivity index (χ4v) is 4.33. The summed E-state index contributed by atoms with van der Waals surface area (Å²) in [4.78, 5) is 12.2. The molecule has 1 saturated carbocycles. The molecule has 1 aliphatic rings. The van der Waals surface area contributed by atoms with Crippen LogP contribution >= 0.6 is 23.2 Å². The predicted octanol–water partition coefficient (Wildman–Crippen LogP) is 4.47. The molecular formula is C18H18Cl2N2O3S. The fraction of sp³-hybridized carbons (Fsp3) is 0.278. The molecule has 0 unspecified atom stereocenters. The smallest absolute Gasteiger partial charge is 0.261 e. The van der Waals surface area contributed by atoms with Crippen LogP contribution in [0.25, 0.3) is 0 Å². The molecule has 1 fully saturated rings. The third-order valence-electron chi connectivity index (χ3n) is 4.29. The lowest BCUT2D eigenvalue weighted by atomic mass is 10.1. The maximum absolute atomic E-state index is 12.4. The molecule has 3 rings (SSSR count). The van der Waals surface area contributed by atoms with Gasteiger partial charge in [-0.05, 0) is 55.3 Å². The molecule has 2 aromatic rings. The van der Waals surface area contributed by atoms with Gasteiger partial charge >= 0.3 is 0 Å². The zero-order valence-electron chi connectivity index (χ0n) is 13.8. The van der Waals surface area contributed by atoms with E-state index in [1.807, 2.05) is 0 Å². The molecule has 2 aromatic carbocycles. The van der Waals surface area contributed by atoms with E-state index < -0.39 is 10.0 Å². The first-order chi connectivity index (χ1) is 12.3. The zero-order chi connectivity index (χ0) is 18.7. The van der Waals surface area contributed by atoms with E-state index in [2.05, 4.69) is 10.0 Å². The lowest BCUT2D eigenvalue weighted by molar-refractivity contribution is 0.0938. The molecule has 0 aliphatic heterocycles. The molecule has 0 heterocycles. The van der Waals surface area contributed by atoms with Crippen molar-refractivity contribution >= 4 is 44.8 Å². The van der Waals surface area contributed by atoms with Crippen LogP contribution in [0, 0.1) is 0 Å². The molecule has 0 saturated heterocycles. The van der Waals surface area contributed by atoms with E-state index in [1.165, 1.54) is 18.2 Å². The largest absolute Gasteiger partial charge is 0.349 e. The predicted molar refractivity (Wildman–Crippen MR) is 103 cm³/mol. The van der Waals surface area contributed by atoms with Crippen LogP contribution in [-0.2, 0) is 10.0 Å². The third-order valence-corrected chi connectivity index (χ3v) is 6.41. The number of hydrogen-bond acceptors (Lipinski definition) is 3. The average molecular weight is 413 g/mol. The van der Waals surface area contributed by atoms with Crippen LogP contribution in [0.15, 0.2) is 47.4 Å². The number of amides is 1. The van der Waals surface area contributed by atoms with Crippen molar-refractivity contribution in [2.75, 3.05) is 4.72 Å². The maximum Gasteiger partial charge on any atom is 0.261 e. The lowest BCUT2D eigenvalue weighted by Crippen LogP contribution is -2.32. The van der Waals surface area contributed by atoms with E-state index in [1.54, 1.807) is 24.3 Å². The molecule has 1 aliphatic carbocycles. The number of hydrogen-bond donors (Lipinski definition) is 2. The van der Waals surface area contributed by atoms with E-state index >= 15 is 0 Å². The molecule has 2 N–H and O–H groups in total. The molecule has 0 bridgehead atoms. The molecule has 0 aromatic heterocycles. The van der Waals surface area contributed by atoms with Gasteiger partial charge in [-0.1, -0.05) is 36.0 Å². The summed E-state index contributed by atoms with van der Waals surface area (Å²) in [7, 11) is -3.80. The SMILES string of the molecule is O=C(NC1CCCC1)c1ccc(NS(=O)(=O)c2ccc(Cl)c(Cl)c2)cc1. The van der Waals surface area contributed by atoms with Crippen molar-refractivity contribution in [1.82, 2.24) is 5.32 Å². The molecular weight excluding hydrogens is 395 g/mol. The van der Waals surface area contributed by atoms with Crippen LogP contribution in [0.2, 0.25) is 10.0 Å². The Balaban J connectivity index is 1.69. The zero-order valence-corrected chi connectivity index (χ0v) is 16.2. The summed E-state index contributed by atoms with van der Waals surface area (Å²) >= 11 is 11.7. The summed E-state index contributed by atoms with van der Waals surface area (Å²) in [6.07, 6.45) is 4.29. The van der Waals surface area contributed by atoms with Crippen LogP contribution in [0.4, 0.5) is 5.69 Å². The Morgan fingerprint density at radius 1 is 0.962 bits per heavy atom. The topological polar surface area (TPSA) is 75.3 Å². The van der Waals surface area contributed by atoms with Crippen LogP contribution in [0.5, 0.6) is 0 Å². The minimum absolute atomic E-state index is 0.00922. The summed E-state index contributed by atoms with van der Waals surface area (Å²) in [5, 5.41) is 3.44. The van der Waals surface area contributed by atoms with Crippen molar-refractivity contribution in [3.05, 3.63) is 58.1 Å². The standard InChI is InChI=1S/C18H18Cl2N2O3S/c19-16-10-9-15(11-17(16)20)26(24,25)22-14-7-5-12(6-8-14)18(23)21-13-3-1-2-4-13/h5-11,13,22H,1-4H2,(H,21,23). The fourth-order valence-electron chi connectivity index (χ4n) is 2.89. The number of carbonyl (C=O) groups is 1. The highest BCUT2D eigenvalue weighted by atomic mass is 35.5. The summed E-state index contributed by atoms with van der Waals surface area (Å²) in [5.41, 5.74) is 0.850. The highest BCUT2D eigenvalue weighted by Gasteiger charge is 2.19. The van der Waals surface area contributed by atoms with Gasteiger partial charge in [-0.15, -0.1) is 0 Å². The van der Waals surface area contributed by atoms with Gasteiger partial charge in [0, 0.05) is 17.3 Å². The first kappa shape index (κ1) is 19.0. The molecule has 138 valence electrons. The van der Waals surface area contributed by atoms with Gasteiger partial charge in [-0.3, -0.25) is 9.52 Å². The Bertz CT molecular complexity index is 909. The monoisotopic (exact) mass is 412 g/mol. The highest BCUT2D eigenvalue weighted by molar-refractivity contribution is 7.92. The van der Waals surface area contributed by atoms with Crippen LogP contribution < -0.4 is 10.0 Å². The molecule has 8 heteroatoms. The van der Waals surface area contributed by atoms with E-state index in [-0.39, 0.29) is 26.9 Å². The Labute approximate surface area is 162 Å². The molecule has 5 nitrogen and oxygen atoms in total. The minimum Gasteiger partial charge on any atom is -0.349 e. The average Bonchev–Trinajstić information content (AvgIpc) is 3.10. The van der Waals surface area contributed by atoms with Crippen LogP contribution in [0.1, 0.15) is 36.0 Å². The second-order valence-electron chi connectivity index (χ2n) is 6.21. The van der Waals surface area contributed by atoms with E-state index in [0.29, 0.717) is 11.3 Å². The second kappa shape index (κ2) is 7.86. The second-order valence-corrected chi connectivity index (χ2v) is 8.71. The highest BCUT2D eigenvalue weighted by Crippen LogP contribution is 2.26. The van der Waals surface area contributed by atoms with Crippen LogP contribution in [-0.4, -0.2) is 20.4 Å². The minimum atomic E-state index is -3.80. The van der Waals surface area contributed by atoms with Gasteiger partial charge < -0.3 is 5.32 Å². The number of rotatable bonds is 5. The number of nitrogens with one attached hydrogen (secondary N) is 2. The van der Waals surface area contributed by atoms with Gasteiger partial charge in [-0.25, -0.2) is 8.42 Å². The number of sulfonamides is 1. The summed E-state index contributed by atoms with van der Waals surface area (Å²) in [5.74, 6) is -0.143. The van der Waals surface area contributed by atoms with Gasteiger partial charge in [0.05, 0.1) is 14.9 Å². The number of carbonyl (C=O) groups excluding carboxylic acids is 1. The summed E-state index contributed by atoms with van der Waals surface area (Å²) < 4.78 is 27.3. The Morgan fingerprint density at radius 2 is 1.62 bits per heavy atom. The first-order valence-corrected chi connectivity index (χ1v) is 10.5. The van der Waals surface area contributed by atoms with Gasteiger partial charge in [-0.2, -0.15) is 0 Å². The Kier molecular flexibility index (Phi) is 5.75. The van der Waals surface area contributed by atoms with Crippen molar-refractivity contribution in [3.8, 4) is 0 Å². The quantitative estimate of drug-likeness (QED) is 0.760. The normalized spacial score (nSPS) is 15.0. The Hall–Kier alpha value is -1.76. The van der Waals surface area contributed by atoms with Crippen molar-refractivity contribution in [2.24, 2.45) is 0 Å². The number of halogens is 2. The maximum atomic E-state index is 12.4. The van der Waals surface area contributed by atoms with Crippen molar-refractivity contribution in [3.63, 3.8) is 0 Å². The molecule has 0 radical (unpaired) electrons. The van der Waals surface area contributed by atoms with Gasteiger partial charge in [0.15, 0.2) is 0 Å². The summed E-state index contributed by atoms with van der Waals surface area (Å²) in [6, 6.07) is 10.6. The van der Waals surface area contributed by atoms with Crippen molar-refractivity contribution < 1.29 is 13.2 Å². The molecule has 26 heavy (non-hydrogen) atoms. The number of anilines is 1. The van der Waals surface area contributed by atoms with Gasteiger partial charge in [0.25, 0.3) is 15.9 Å². The lowest BCUT2D eigenvalue weighted by Gasteiger charge is -2.12. The Morgan fingerprint density at radius 3 is 2.23 bits per heavy atom. The van der Waals surface area contributed by atoms with Gasteiger partial charge in [0.1, 0.15) is 0 Å². The van der Waals surface area contributed by atoms with E-state index in [0.717, 1.165) is 25.7 Å². The third kappa shape index (κ3) is 4.50. The van der Waals surface area contributed by atoms with E-state index in [4.69, 9.17) is 23.2 Å². The first-order valence-electron chi connectivity index (χ1n) is 8.24. The van der Waals surface area contributed by atoms with Gasteiger partial charge in [0.2, 0.25) is 0 Å². The van der Waals surface area contributed by atoms with Crippen LogP contribution in [0.3, 0.4) is 0 Å². The summed E-state index contributed by atoms with van der Waals surface area (Å²) in [6.45, 7) is 0. The molecule has 0 spiro atoms. The molecule has 1 amide bonds.